The summed E-state index contributed by atoms with van der Waals surface area (Å²) in [6, 6.07) is 5.89. The van der Waals surface area contributed by atoms with Gasteiger partial charge < -0.3 is 9.90 Å². The van der Waals surface area contributed by atoms with Crippen molar-refractivity contribution in [1.29, 1.82) is 0 Å². The predicted molar refractivity (Wildman–Crippen MR) is 46.7 cm³/mol. The number of allylic oxidation sites excluding steroid dienone is 1. The van der Waals surface area contributed by atoms with Crippen molar-refractivity contribution in [2.24, 2.45) is 0 Å². The van der Waals surface area contributed by atoms with E-state index in [1.807, 2.05) is 41.2 Å². The third-order valence-corrected chi connectivity index (χ3v) is 1.67. The van der Waals surface area contributed by atoms with Crippen molar-refractivity contribution in [3.63, 3.8) is 0 Å². The number of carbonyl (C=O) groups excluding carboxylic acids is 1. The van der Waals surface area contributed by atoms with Gasteiger partial charge in [0.2, 0.25) is 0 Å². The van der Waals surface area contributed by atoms with Crippen LogP contribution in [0, 0.1) is 0 Å². The van der Waals surface area contributed by atoms with Crippen LogP contribution < -0.4 is 9.67 Å². The van der Waals surface area contributed by atoms with Crippen molar-refractivity contribution in [2.75, 3.05) is 0 Å². The molecule has 3 nitrogen and oxygen atoms in total. The molecule has 0 spiro atoms. The highest BCUT2D eigenvalue weighted by Crippen LogP contribution is 2.11. The summed E-state index contributed by atoms with van der Waals surface area (Å²) in [4.78, 5) is 8.78. The maximum absolute atomic E-state index is 10.5. The van der Waals surface area contributed by atoms with Crippen LogP contribution in [0.4, 0.5) is 13.2 Å². The molecule has 0 saturated carbocycles. The number of carbonyl (C=O) groups is 1. The molecule has 0 amide bonds. The lowest BCUT2D eigenvalue weighted by molar-refractivity contribution is -0.571. The highest BCUT2D eigenvalue weighted by molar-refractivity contribution is 5.70. The minimum Gasteiger partial charge on any atom is -0.542 e. The second-order valence-electron chi connectivity index (χ2n) is 2.83. The van der Waals surface area contributed by atoms with Gasteiger partial charge >= 0.3 is 6.18 Å². The molecule has 0 aromatic carbocycles. The summed E-state index contributed by atoms with van der Waals surface area (Å²) in [5, 5.41) is 8.78. The third-order valence-electron chi connectivity index (χ3n) is 1.67. The van der Waals surface area contributed by atoms with Crippen LogP contribution in [0.15, 0.2) is 30.5 Å². The number of carboxylic acids is 1. The molecule has 1 atom stereocenters. The SMILES string of the molecule is O=C([O-])C(F)(F)F.[2H]C1C=C[n+]2ccccc21. The normalized spacial score (nSPS) is 18.2. The Labute approximate surface area is 90.9 Å². The standard InChI is InChI=1S/C8H8N.C2HF3O2/c1-2-6-9-7-3-5-8(9)4-1;3-2(4,5)1(6)7/h1-4,6-7H,5H2;(H,6,7)/q+1;/p-1/i5D;. The molecule has 0 radical (unpaired) electrons. The zero-order valence-corrected chi connectivity index (χ0v) is 7.94. The molecule has 86 valence electrons. The average molecular weight is 232 g/mol. The number of aliphatic carboxylic acids is 1. The average Bonchev–Trinajstić information content (AvgIpc) is 2.61. The maximum Gasteiger partial charge on any atom is 0.430 e. The monoisotopic (exact) mass is 232 g/mol. The molecular formula is C10H8F3NO2. The van der Waals surface area contributed by atoms with Crippen molar-refractivity contribution in [3.8, 4) is 0 Å². The molecule has 0 bridgehead atoms. The first kappa shape index (κ1) is 10.7. The Balaban J connectivity index is 0.000000185. The van der Waals surface area contributed by atoms with Crippen LogP contribution in [-0.2, 0) is 11.2 Å². The van der Waals surface area contributed by atoms with Gasteiger partial charge in [0.15, 0.2) is 18.1 Å². The minimum absolute atomic E-state index is 0.166. The van der Waals surface area contributed by atoms with Crippen LogP contribution in [0.2, 0.25) is 0 Å². The zero-order valence-electron chi connectivity index (χ0n) is 8.94. The van der Waals surface area contributed by atoms with Crippen LogP contribution in [0.5, 0.6) is 0 Å². The highest BCUT2D eigenvalue weighted by Gasteiger charge is 2.28. The number of fused-ring (bicyclic) bond motifs is 1. The van der Waals surface area contributed by atoms with Gasteiger partial charge in [0.05, 0.1) is 6.40 Å². The van der Waals surface area contributed by atoms with Gasteiger partial charge in [-0.05, 0) is 6.08 Å². The fraction of sp³-hybridized carbons (Fsp3) is 0.200. The molecule has 0 N–H and O–H groups in total. The summed E-state index contributed by atoms with van der Waals surface area (Å²) in [5.74, 6) is -3.01. The highest BCUT2D eigenvalue weighted by atomic mass is 19.4. The summed E-state index contributed by atoms with van der Waals surface area (Å²) in [6.45, 7) is 0. The van der Waals surface area contributed by atoms with E-state index in [0.717, 1.165) is 5.69 Å². The second kappa shape index (κ2) is 4.78. The number of carboxylic acid groups (broad SMARTS) is 1. The molecule has 1 aromatic heterocycles. The fourth-order valence-corrected chi connectivity index (χ4v) is 0.980. The number of nitrogens with zero attached hydrogens (tertiary/aromatic N) is 1. The van der Waals surface area contributed by atoms with Crippen molar-refractivity contribution < 1.29 is 29.0 Å². The lowest BCUT2D eigenvalue weighted by Crippen LogP contribution is -2.37. The van der Waals surface area contributed by atoms with Gasteiger partial charge in [0, 0.05) is 13.5 Å². The molecule has 2 rings (SSSR count). The first-order chi connectivity index (χ1) is 7.82. The molecule has 1 aromatic rings. The van der Waals surface area contributed by atoms with Crippen LogP contribution >= 0.6 is 0 Å². The topological polar surface area (TPSA) is 44.0 Å². The van der Waals surface area contributed by atoms with Crippen LogP contribution in [0.25, 0.3) is 6.20 Å². The van der Waals surface area contributed by atoms with E-state index in [0.29, 0.717) is 0 Å². The van der Waals surface area contributed by atoms with E-state index in [1.54, 1.807) is 0 Å². The lowest BCUT2D eigenvalue weighted by Gasteiger charge is -2.03. The summed E-state index contributed by atoms with van der Waals surface area (Å²) in [6.07, 6.45) is 0.393. The largest absolute Gasteiger partial charge is 0.542 e. The fourth-order valence-electron chi connectivity index (χ4n) is 0.980. The summed E-state index contributed by atoms with van der Waals surface area (Å²) in [5.41, 5.74) is 1.04. The molecule has 0 aliphatic carbocycles. The van der Waals surface area contributed by atoms with Gasteiger partial charge in [-0.1, -0.05) is 6.07 Å². The van der Waals surface area contributed by atoms with E-state index in [4.69, 9.17) is 11.3 Å². The summed E-state index contributed by atoms with van der Waals surface area (Å²) >= 11 is 0. The number of aromatic nitrogens is 1. The van der Waals surface area contributed by atoms with Gasteiger partial charge in [-0.15, -0.1) is 0 Å². The quantitative estimate of drug-likeness (QED) is 0.604. The summed E-state index contributed by atoms with van der Waals surface area (Å²) < 4.78 is 41.0. The van der Waals surface area contributed by atoms with Crippen molar-refractivity contribution >= 4 is 12.2 Å². The van der Waals surface area contributed by atoms with Crippen LogP contribution in [0.1, 0.15) is 7.06 Å². The number of pyridine rings is 1. The maximum atomic E-state index is 10.5. The van der Waals surface area contributed by atoms with Crippen molar-refractivity contribution in [1.82, 2.24) is 0 Å². The van der Waals surface area contributed by atoms with Gasteiger partial charge in [-0.25, -0.2) is 0 Å². The van der Waals surface area contributed by atoms with Crippen LogP contribution in [-0.4, -0.2) is 12.1 Å². The molecule has 1 aliphatic heterocycles. The first-order valence-corrected chi connectivity index (χ1v) is 4.21. The summed E-state index contributed by atoms with van der Waals surface area (Å²) in [7, 11) is 0. The number of halogens is 3. The van der Waals surface area contributed by atoms with E-state index < -0.39 is 12.1 Å². The first-order valence-electron chi connectivity index (χ1n) is 4.79. The van der Waals surface area contributed by atoms with E-state index in [9.17, 15) is 13.2 Å². The van der Waals surface area contributed by atoms with Crippen molar-refractivity contribution in [3.05, 3.63) is 36.2 Å². The molecule has 2 heterocycles. The Morgan fingerprint density at radius 2 is 2.12 bits per heavy atom. The molecule has 0 saturated heterocycles. The molecule has 0 fully saturated rings. The molecule has 1 unspecified atom stereocenters. The number of rotatable bonds is 0. The van der Waals surface area contributed by atoms with E-state index in [1.165, 1.54) is 0 Å². The van der Waals surface area contributed by atoms with Crippen LogP contribution in [0.3, 0.4) is 0 Å². The number of hydrogen-bond acceptors (Lipinski definition) is 2. The van der Waals surface area contributed by atoms with E-state index in [-0.39, 0.29) is 6.40 Å². The van der Waals surface area contributed by atoms with E-state index in [2.05, 4.69) is 0 Å². The van der Waals surface area contributed by atoms with Gasteiger partial charge in [-0.3, -0.25) is 0 Å². The minimum atomic E-state index is -5.19. The van der Waals surface area contributed by atoms with Gasteiger partial charge in [-0.2, -0.15) is 17.7 Å². The molecule has 16 heavy (non-hydrogen) atoms. The Bertz CT molecular complexity index is 445. The zero-order chi connectivity index (χ0) is 13.1. The Morgan fingerprint density at radius 1 is 1.50 bits per heavy atom. The van der Waals surface area contributed by atoms with Gasteiger partial charge in [0.1, 0.15) is 5.97 Å². The molecule has 1 aliphatic rings. The molecule has 6 heteroatoms. The second-order valence-corrected chi connectivity index (χ2v) is 2.83. The third kappa shape index (κ3) is 3.38. The van der Waals surface area contributed by atoms with Crippen molar-refractivity contribution in [2.45, 2.75) is 12.6 Å². The van der Waals surface area contributed by atoms with E-state index >= 15 is 0 Å². The molecular weight excluding hydrogens is 223 g/mol. The lowest BCUT2D eigenvalue weighted by atomic mass is 10.3. The number of hydrogen-bond donors (Lipinski definition) is 0. The Kier molecular flexibility index (Phi) is 3.19. The predicted octanol–water partition coefficient (Wildman–Crippen LogP) is 0.299. The smallest absolute Gasteiger partial charge is 0.430 e. The Morgan fingerprint density at radius 3 is 2.62 bits per heavy atom. The van der Waals surface area contributed by atoms with Gasteiger partial charge in [0.25, 0.3) is 0 Å². The number of alkyl halides is 3. The Hall–Kier alpha value is -1.85.